The lowest BCUT2D eigenvalue weighted by Gasteiger charge is -2.72. The van der Waals surface area contributed by atoms with Crippen LogP contribution in [0.4, 0.5) is 0 Å². The van der Waals surface area contributed by atoms with Crippen molar-refractivity contribution in [3.63, 3.8) is 0 Å². The minimum absolute atomic E-state index is 0.00791. The monoisotopic (exact) mass is 718 g/mol. The van der Waals surface area contributed by atoms with E-state index in [0.29, 0.717) is 24.8 Å². The van der Waals surface area contributed by atoms with Crippen molar-refractivity contribution in [2.45, 2.75) is 145 Å². The molecule has 52 heavy (non-hydrogen) atoms. The van der Waals surface area contributed by atoms with E-state index >= 15 is 0 Å². The van der Waals surface area contributed by atoms with E-state index in [0.717, 1.165) is 69.0 Å². The van der Waals surface area contributed by atoms with Crippen LogP contribution in [0.25, 0.3) is 0 Å². The Labute approximate surface area is 312 Å². The molecular formula is C44H66N2O6. The number of Topliss-reactive ketones (excluding diaryl/α,β-unsaturated/α-hetero) is 1. The van der Waals surface area contributed by atoms with Gasteiger partial charge in [-0.2, -0.15) is 0 Å². The van der Waals surface area contributed by atoms with Gasteiger partial charge in [-0.25, -0.2) is 0 Å². The predicted octanol–water partition coefficient (Wildman–Crippen LogP) is 8.27. The zero-order valence-electron chi connectivity index (χ0n) is 33.7. The molecule has 2 N–H and O–H groups in total. The Kier molecular flexibility index (Phi) is 10.0. The second kappa shape index (κ2) is 13.3. The van der Waals surface area contributed by atoms with Gasteiger partial charge in [0.25, 0.3) is 0 Å². The molecule has 6 rings (SSSR count). The molecule has 0 spiro atoms. The standard InChI is InChI=1S/C44H66N2O6/c1-27(2)36-30(47)23-44(33(48)26-46(10)25-28-15-21-45-22-16-28)20-19-42(8)29(37(36)44)11-12-32-41(7)17-14-34(52-35(49)24-39(3,4)38(50)51)40(5,6)31(41)13-18-43(32,42)9/h15-16,21-22,27,29,31-34,48H,11-14,17-20,23-26H2,1-10H3,(H,50,51)/t29-,31+,32-,33+,34+,41+,42-,43-,44+/m1/s1. The number of ketones is 1. The van der Waals surface area contributed by atoms with E-state index in [2.05, 4.69) is 65.4 Å². The topological polar surface area (TPSA) is 117 Å². The van der Waals surface area contributed by atoms with Crippen LogP contribution < -0.4 is 0 Å². The number of pyridine rings is 1. The van der Waals surface area contributed by atoms with Crippen molar-refractivity contribution >= 4 is 17.7 Å². The van der Waals surface area contributed by atoms with Gasteiger partial charge in [0, 0.05) is 42.7 Å². The number of aromatic nitrogens is 1. The van der Waals surface area contributed by atoms with Gasteiger partial charge in [0.1, 0.15) is 6.10 Å². The first-order chi connectivity index (χ1) is 24.1. The number of aliphatic carboxylic acids is 1. The Balaban J connectivity index is 1.27. The highest BCUT2D eigenvalue weighted by Crippen LogP contribution is 2.77. The third-order valence-corrected chi connectivity index (χ3v) is 16.2. The van der Waals surface area contributed by atoms with Gasteiger partial charge in [0.15, 0.2) is 5.78 Å². The summed E-state index contributed by atoms with van der Waals surface area (Å²) in [5.41, 5.74) is 1.66. The normalized spacial score (nSPS) is 37.6. The fourth-order valence-corrected chi connectivity index (χ4v) is 13.2. The fourth-order valence-electron chi connectivity index (χ4n) is 13.2. The van der Waals surface area contributed by atoms with Crippen molar-refractivity contribution in [3.05, 3.63) is 41.2 Å². The highest BCUT2D eigenvalue weighted by Gasteiger charge is 2.70. The van der Waals surface area contributed by atoms with E-state index in [1.165, 1.54) is 5.57 Å². The summed E-state index contributed by atoms with van der Waals surface area (Å²) in [5.74, 6) is 0.0782. The van der Waals surface area contributed by atoms with Gasteiger partial charge in [-0.1, -0.05) is 54.0 Å². The second-order valence-corrected chi connectivity index (χ2v) is 20.1. The van der Waals surface area contributed by atoms with E-state index in [-0.39, 0.29) is 51.8 Å². The van der Waals surface area contributed by atoms with Crippen molar-refractivity contribution in [1.29, 1.82) is 0 Å². The highest BCUT2D eigenvalue weighted by atomic mass is 16.5. The number of fused-ring (bicyclic) bond motifs is 7. The van der Waals surface area contributed by atoms with Gasteiger partial charge in [-0.15, -0.1) is 0 Å². The number of likely N-dealkylation sites (N-methyl/N-ethyl adjacent to an activating group) is 1. The first-order valence-electron chi connectivity index (χ1n) is 20.1. The van der Waals surface area contributed by atoms with Gasteiger partial charge >= 0.3 is 11.9 Å². The number of hydrogen-bond acceptors (Lipinski definition) is 7. The number of allylic oxidation sites excluding steroid dienone is 1. The van der Waals surface area contributed by atoms with Crippen molar-refractivity contribution in [3.8, 4) is 0 Å². The molecule has 8 heteroatoms. The van der Waals surface area contributed by atoms with E-state index in [9.17, 15) is 24.6 Å². The van der Waals surface area contributed by atoms with E-state index in [4.69, 9.17) is 4.74 Å². The smallest absolute Gasteiger partial charge is 0.309 e. The lowest BCUT2D eigenvalue weighted by Crippen LogP contribution is -2.66. The maximum atomic E-state index is 14.1. The molecule has 4 saturated carbocycles. The number of aliphatic hydroxyl groups excluding tert-OH is 1. The molecule has 9 atom stereocenters. The average Bonchev–Trinajstić information content (AvgIpc) is 3.36. The Morgan fingerprint density at radius 1 is 0.962 bits per heavy atom. The Bertz CT molecular complexity index is 1600. The fraction of sp³-hybridized carbons (Fsp3) is 0.773. The molecule has 0 amide bonds. The third-order valence-electron chi connectivity index (χ3n) is 16.2. The molecule has 0 bridgehead atoms. The van der Waals surface area contributed by atoms with E-state index in [1.807, 2.05) is 24.5 Å². The largest absolute Gasteiger partial charge is 0.481 e. The maximum absolute atomic E-state index is 14.1. The Morgan fingerprint density at radius 2 is 1.63 bits per heavy atom. The number of ether oxygens (including phenoxy) is 1. The first-order valence-corrected chi connectivity index (χ1v) is 20.1. The molecule has 0 aromatic carbocycles. The van der Waals surface area contributed by atoms with Gasteiger partial charge in [0.05, 0.1) is 17.9 Å². The summed E-state index contributed by atoms with van der Waals surface area (Å²) in [6.45, 7) is 20.9. The first kappa shape index (κ1) is 39.1. The predicted molar refractivity (Wildman–Crippen MR) is 202 cm³/mol. The number of carboxylic acids is 1. The minimum atomic E-state index is -1.16. The van der Waals surface area contributed by atoms with Crippen LogP contribution in [0.1, 0.15) is 132 Å². The Hall–Kier alpha value is -2.58. The van der Waals surface area contributed by atoms with Crippen LogP contribution in [0, 0.1) is 56.2 Å². The van der Waals surface area contributed by atoms with E-state index < -0.39 is 28.9 Å². The van der Waals surface area contributed by atoms with Gasteiger partial charge in [0.2, 0.25) is 0 Å². The van der Waals surface area contributed by atoms with Crippen LogP contribution in [0.2, 0.25) is 0 Å². The summed E-state index contributed by atoms with van der Waals surface area (Å²) in [6, 6.07) is 4.04. The highest BCUT2D eigenvalue weighted by molar-refractivity contribution is 6.00. The number of nitrogens with zero attached hydrogens (tertiary/aromatic N) is 2. The number of carboxylic acid groups (broad SMARTS) is 1. The van der Waals surface area contributed by atoms with Gasteiger partial charge < -0.3 is 14.9 Å². The summed E-state index contributed by atoms with van der Waals surface area (Å²) in [5, 5.41) is 21.9. The van der Waals surface area contributed by atoms with E-state index in [1.54, 1.807) is 13.8 Å². The summed E-state index contributed by atoms with van der Waals surface area (Å²) < 4.78 is 6.17. The van der Waals surface area contributed by atoms with Crippen molar-refractivity contribution in [1.82, 2.24) is 9.88 Å². The zero-order valence-corrected chi connectivity index (χ0v) is 33.7. The van der Waals surface area contributed by atoms with Crippen LogP contribution in [0.15, 0.2) is 35.7 Å². The molecule has 288 valence electrons. The van der Waals surface area contributed by atoms with Crippen LogP contribution in [0.3, 0.4) is 0 Å². The van der Waals surface area contributed by atoms with Gasteiger partial charge in [-0.3, -0.25) is 24.3 Å². The number of rotatable bonds is 10. The maximum Gasteiger partial charge on any atom is 0.309 e. The number of aliphatic hydroxyl groups is 1. The Morgan fingerprint density at radius 3 is 2.27 bits per heavy atom. The quantitative estimate of drug-likeness (QED) is 0.232. The molecule has 0 saturated heterocycles. The molecular weight excluding hydrogens is 652 g/mol. The lowest BCUT2D eigenvalue weighted by molar-refractivity contribution is -0.235. The summed E-state index contributed by atoms with van der Waals surface area (Å²) >= 11 is 0. The zero-order chi connectivity index (χ0) is 38.2. The van der Waals surface area contributed by atoms with Crippen LogP contribution in [-0.2, 0) is 25.7 Å². The molecule has 1 aromatic rings. The molecule has 0 radical (unpaired) electrons. The van der Waals surface area contributed by atoms with Crippen LogP contribution in [0.5, 0.6) is 0 Å². The summed E-state index contributed by atoms with van der Waals surface area (Å²) in [6.07, 6.45) is 10.9. The van der Waals surface area contributed by atoms with Gasteiger partial charge in [-0.05, 0) is 135 Å². The molecule has 5 aliphatic carbocycles. The van der Waals surface area contributed by atoms with Crippen molar-refractivity contribution < 1.29 is 29.3 Å². The average molecular weight is 719 g/mol. The minimum Gasteiger partial charge on any atom is -0.481 e. The number of carbonyl (C=O) groups is 3. The number of hydrogen-bond donors (Lipinski definition) is 2. The third kappa shape index (κ3) is 6.01. The van der Waals surface area contributed by atoms with Crippen molar-refractivity contribution in [2.24, 2.45) is 56.2 Å². The van der Waals surface area contributed by atoms with Crippen LogP contribution >= 0.6 is 0 Å². The SMILES string of the molecule is CC(C)C1=C2[C@H]3CC[C@@H]4[C@@]5(C)CC[C@H](OC(=O)CC(C)(C)C(=O)O)C(C)(C)[C@@H]5CC[C@@]4(C)[C@]3(C)CC[C@@]2([C@@H](O)CN(C)Cc2ccncc2)CC1=O. The molecule has 1 aromatic heterocycles. The molecule has 1 heterocycles. The molecule has 4 fully saturated rings. The number of carbonyl (C=O) groups excluding carboxylic acids is 2. The van der Waals surface area contributed by atoms with Crippen molar-refractivity contribution in [2.75, 3.05) is 13.6 Å². The summed E-state index contributed by atoms with van der Waals surface area (Å²) in [4.78, 5) is 45.3. The molecule has 0 unspecified atom stereocenters. The summed E-state index contributed by atoms with van der Waals surface area (Å²) in [7, 11) is 2.07. The van der Waals surface area contributed by atoms with Crippen LogP contribution in [-0.4, -0.2) is 63.6 Å². The molecule has 8 nitrogen and oxygen atoms in total. The second-order valence-electron chi connectivity index (χ2n) is 20.1. The molecule has 5 aliphatic rings. The number of esters is 1. The lowest BCUT2D eigenvalue weighted by atomic mass is 9.33. The molecule has 0 aliphatic heterocycles.